The maximum absolute atomic E-state index is 14.2. The zero-order valence-electron chi connectivity index (χ0n) is 27.2. The van der Waals surface area contributed by atoms with Gasteiger partial charge < -0.3 is 34.8 Å². The third-order valence-electron chi connectivity index (χ3n) is 8.56. The summed E-state index contributed by atoms with van der Waals surface area (Å²) in [5.41, 5.74) is 1.53. The third kappa shape index (κ3) is 8.02. The van der Waals surface area contributed by atoms with Crippen LogP contribution in [0, 0.1) is 5.92 Å². The molecule has 0 aliphatic carbocycles. The number of ether oxygens (including phenoxy) is 2. The summed E-state index contributed by atoms with van der Waals surface area (Å²) in [5.74, 6) is -0.714. The highest BCUT2D eigenvalue weighted by Gasteiger charge is 2.47. The molecule has 4 amide bonds. The van der Waals surface area contributed by atoms with Gasteiger partial charge in [-0.2, -0.15) is 0 Å². The molecule has 4 rings (SSSR count). The molecule has 0 radical (unpaired) electrons. The molecule has 242 valence electrons. The van der Waals surface area contributed by atoms with Gasteiger partial charge in [0.05, 0.1) is 28.3 Å². The minimum atomic E-state index is -1.04. The fraction of sp³-hybridized carbons (Fsp3) is 0.471. The third-order valence-corrected chi connectivity index (χ3v) is 8.56. The smallest absolute Gasteiger partial charge is 0.278 e. The van der Waals surface area contributed by atoms with Gasteiger partial charge in [-0.05, 0) is 42.7 Å². The van der Waals surface area contributed by atoms with E-state index in [0.717, 1.165) is 5.56 Å². The predicted molar refractivity (Wildman–Crippen MR) is 171 cm³/mol. The van der Waals surface area contributed by atoms with Crippen molar-refractivity contribution in [2.24, 2.45) is 5.92 Å². The van der Waals surface area contributed by atoms with Crippen molar-refractivity contribution >= 4 is 29.7 Å². The van der Waals surface area contributed by atoms with Crippen molar-refractivity contribution in [1.29, 1.82) is 0 Å². The van der Waals surface area contributed by atoms with E-state index in [1.54, 1.807) is 31.4 Å². The van der Waals surface area contributed by atoms with E-state index in [-0.39, 0.29) is 30.7 Å². The van der Waals surface area contributed by atoms with Crippen molar-refractivity contribution in [3.05, 3.63) is 65.9 Å². The zero-order valence-corrected chi connectivity index (χ0v) is 27.2. The summed E-state index contributed by atoms with van der Waals surface area (Å²) in [5, 5.41) is 8.64. The minimum absolute atomic E-state index is 0.239. The lowest BCUT2D eigenvalue weighted by Crippen LogP contribution is -2.61. The van der Waals surface area contributed by atoms with E-state index in [1.807, 2.05) is 72.2 Å². The van der Waals surface area contributed by atoms with E-state index >= 15 is 0 Å². The molecular weight excluding hydrogens is 574 g/mol. The van der Waals surface area contributed by atoms with Gasteiger partial charge in [0.1, 0.15) is 35.7 Å². The van der Waals surface area contributed by atoms with Crippen molar-refractivity contribution in [2.75, 3.05) is 34.8 Å². The van der Waals surface area contributed by atoms with Crippen molar-refractivity contribution < 1.29 is 33.1 Å². The number of benzene rings is 2. The number of hydrogen-bond acceptors (Lipinski definition) is 6. The maximum atomic E-state index is 14.2. The van der Waals surface area contributed by atoms with Gasteiger partial charge in [0.2, 0.25) is 17.7 Å². The van der Waals surface area contributed by atoms with Gasteiger partial charge >= 0.3 is 0 Å². The van der Waals surface area contributed by atoms with Gasteiger partial charge in [0.25, 0.3) is 5.91 Å². The number of methoxy groups -OCH3 is 1. The Morgan fingerprint density at radius 1 is 1.07 bits per heavy atom. The highest BCUT2D eigenvalue weighted by Crippen LogP contribution is 2.30. The number of likely N-dealkylation sites (N-methyl/N-ethyl adjacent to an activating group) is 1. The maximum Gasteiger partial charge on any atom is 0.278 e. The van der Waals surface area contributed by atoms with E-state index in [2.05, 4.69) is 16.0 Å². The van der Waals surface area contributed by atoms with E-state index < -0.39 is 42.1 Å². The number of amides is 4. The molecule has 0 spiro atoms. The van der Waals surface area contributed by atoms with Crippen LogP contribution in [0.15, 0.2) is 54.7 Å². The van der Waals surface area contributed by atoms with Crippen molar-refractivity contribution in [2.45, 2.75) is 63.9 Å². The van der Waals surface area contributed by atoms with E-state index in [0.29, 0.717) is 28.0 Å². The fourth-order valence-corrected chi connectivity index (χ4v) is 5.48. The van der Waals surface area contributed by atoms with Crippen LogP contribution in [0.1, 0.15) is 38.3 Å². The van der Waals surface area contributed by atoms with Crippen LogP contribution in [0.25, 0.3) is 6.08 Å². The number of hydrogen-bond donors (Lipinski definition) is 3. The Hall–Kier alpha value is -4.38. The summed E-state index contributed by atoms with van der Waals surface area (Å²) in [6, 6.07) is 11.4. The first-order chi connectivity index (χ1) is 21.3. The highest BCUT2D eigenvalue weighted by molar-refractivity contribution is 5.96. The molecule has 2 aromatic rings. The number of carbonyl (C=O) groups excluding carboxylic acids is 4. The molecule has 2 aromatic carbocycles. The quantitative estimate of drug-likeness (QED) is 0.389. The van der Waals surface area contributed by atoms with Gasteiger partial charge in [0, 0.05) is 31.1 Å². The molecule has 2 heterocycles. The van der Waals surface area contributed by atoms with Crippen molar-refractivity contribution in [3.8, 4) is 11.5 Å². The Kier molecular flexibility index (Phi) is 10.5. The Labute approximate surface area is 265 Å². The summed E-state index contributed by atoms with van der Waals surface area (Å²) in [7, 11) is 7.30. The largest absolute Gasteiger partial charge is 0.496 e. The number of nitrogens with one attached hydrogen (secondary N) is 3. The van der Waals surface area contributed by atoms with Crippen LogP contribution in [0.3, 0.4) is 0 Å². The molecular formula is C34H46N5O6+. The second-order valence-electron chi connectivity index (χ2n) is 12.9. The van der Waals surface area contributed by atoms with Crippen molar-refractivity contribution in [3.63, 3.8) is 0 Å². The topological polar surface area (TPSA) is 126 Å². The van der Waals surface area contributed by atoms with Gasteiger partial charge in [-0.15, -0.1) is 0 Å². The summed E-state index contributed by atoms with van der Waals surface area (Å²) in [6.07, 6.45) is 3.14. The monoisotopic (exact) mass is 620 g/mol. The predicted octanol–water partition coefficient (Wildman–Crippen LogP) is 2.11. The molecule has 1 saturated heterocycles. The molecule has 45 heavy (non-hydrogen) atoms. The molecule has 3 N–H and O–H groups in total. The molecule has 0 unspecified atom stereocenters. The van der Waals surface area contributed by atoms with Crippen LogP contribution < -0.4 is 25.4 Å². The Bertz CT molecular complexity index is 1420. The minimum Gasteiger partial charge on any atom is -0.496 e. The average Bonchev–Trinajstić information content (AvgIpc) is 3.41. The average molecular weight is 621 g/mol. The highest BCUT2D eigenvalue weighted by atomic mass is 16.5. The number of rotatable bonds is 8. The van der Waals surface area contributed by atoms with E-state index in [1.165, 1.54) is 11.1 Å². The number of quaternary nitrogens is 1. The first kappa shape index (κ1) is 33.5. The van der Waals surface area contributed by atoms with Gasteiger partial charge in [-0.3, -0.25) is 19.2 Å². The molecule has 2 aliphatic rings. The number of fused-ring (bicyclic) bond motifs is 3. The summed E-state index contributed by atoms with van der Waals surface area (Å²) in [6.45, 7) is 5.78. The van der Waals surface area contributed by atoms with Crippen LogP contribution >= 0.6 is 0 Å². The molecule has 0 saturated carbocycles. The second-order valence-corrected chi connectivity index (χ2v) is 12.9. The first-order valence-corrected chi connectivity index (χ1v) is 15.4. The van der Waals surface area contributed by atoms with Gasteiger partial charge in [-0.25, -0.2) is 0 Å². The lowest BCUT2D eigenvalue weighted by Gasteiger charge is -2.35. The molecule has 11 heteroatoms. The first-order valence-electron chi connectivity index (χ1n) is 15.4. The Morgan fingerprint density at radius 2 is 1.78 bits per heavy atom. The standard InChI is InChI=1S/C34H45N5O6/c1-21(2)29(37-31(40)22(3)39(4,5)6)34(43)38-18-16-28-30(38)33(42)36-26(19-23-11-9-8-10-12-23)32(41)35-17-15-24-20-25(45-28)13-14-27(24)44-7/h8-15,17,20-22,26,28-30H,16,18-19H2,1-7H3,(H2-,35,36,37,40,41,42)/p+1/b17-15-/t22-,26-,28-,29-,30-/m0/s1. The lowest BCUT2D eigenvalue weighted by atomic mass is 10.0. The van der Waals surface area contributed by atoms with Crippen LogP contribution in [0.2, 0.25) is 0 Å². The van der Waals surface area contributed by atoms with Crippen LogP contribution in [0.5, 0.6) is 11.5 Å². The summed E-state index contributed by atoms with van der Waals surface area (Å²) in [4.78, 5) is 56.5. The fourth-order valence-electron chi connectivity index (χ4n) is 5.48. The van der Waals surface area contributed by atoms with E-state index in [9.17, 15) is 19.2 Å². The molecule has 2 bridgehead atoms. The van der Waals surface area contributed by atoms with E-state index in [4.69, 9.17) is 9.47 Å². The van der Waals surface area contributed by atoms with Crippen LogP contribution in [-0.2, 0) is 25.6 Å². The molecule has 5 atom stereocenters. The Morgan fingerprint density at radius 3 is 2.42 bits per heavy atom. The second kappa shape index (κ2) is 14.2. The molecule has 1 fully saturated rings. The number of likely N-dealkylation sites (tertiary alicyclic amines) is 1. The van der Waals surface area contributed by atoms with Crippen LogP contribution in [-0.4, -0.2) is 98.1 Å². The Balaban J connectivity index is 1.70. The number of nitrogens with zero attached hydrogens (tertiary/aromatic N) is 2. The van der Waals surface area contributed by atoms with Crippen molar-refractivity contribution in [1.82, 2.24) is 20.9 Å². The molecule has 0 aromatic heterocycles. The lowest BCUT2D eigenvalue weighted by molar-refractivity contribution is -0.884. The SMILES string of the molecule is COc1ccc2cc1/C=C\NC(=O)[C@H](Cc1ccccc1)NC(=O)[C@@H]1[C@H](CCN1C(=O)[C@@H](NC(=O)[C@H](C)[N+](C)(C)C)C(C)C)O2. The normalized spacial score (nSPS) is 22.3. The summed E-state index contributed by atoms with van der Waals surface area (Å²) >= 11 is 0. The summed E-state index contributed by atoms with van der Waals surface area (Å²) < 4.78 is 12.3. The van der Waals surface area contributed by atoms with Gasteiger partial charge in [0.15, 0.2) is 6.04 Å². The molecule has 2 aliphatic heterocycles. The number of carbonyl (C=O) groups is 4. The zero-order chi connectivity index (χ0) is 32.9. The van der Waals surface area contributed by atoms with Crippen LogP contribution in [0.4, 0.5) is 0 Å². The van der Waals surface area contributed by atoms with Gasteiger partial charge in [-0.1, -0.05) is 44.2 Å². The molecule has 11 nitrogen and oxygen atoms in total.